The molecule has 0 fully saturated rings. The molecule has 20 heavy (non-hydrogen) atoms. The molecule has 2 rings (SSSR count). The molecule has 0 unspecified atom stereocenters. The van der Waals surface area contributed by atoms with Crippen molar-refractivity contribution in [3.63, 3.8) is 0 Å². The lowest BCUT2D eigenvalue weighted by Gasteiger charge is -2.00. The zero-order valence-corrected chi connectivity index (χ0v) is 9.39. The number of aromatic nitrogens is 4. The minimum absolute atomic E-state index is 0.262. The molecular weight excluding hydrogens is 274 g/mol. The molecule has 13 heteroatoms. The monoisotopic (exact) mass is 277 g/mol. The predicted octanol–water partition coefficient (Wildman–Crippen LogP) is 1.42. The zero-order valence-electron chi connectivity index (χ0n) is 9.39. The van der Waals surface area contributed by atoms with Gasteiger partial charge in [-0.15, -0.1) is 5.10 Å². The van der Waals surface area contributed by atoms with Gasteiger partial charge in [-0.1, -0.05) is 0 Å². The van der Waals surface area contributed by atoms with Gasteiger partial charge < -0.3 is 0 Å². The van der Waals surface area contributed by atoms with Crippen LogP contribution in [0, 0.1) is 20.2 Å². The fourth-order valence-corrected chi connectivity index (χ4v) is 1.29. The molecular formula is C7H3N9O4. The molecule has 100 valence electrons. The molecule has 0 radical (unpaired) electrons. The molecule has 13 nitrogen and oxygen atoms in total. The Morgan fingerprint density at radius 2 is 2.05 bits per heavy atom. The van der Waals surface area contributed by atoms with E-state index >= 15 is 0 Å². The lowest BCUT2D eigenvalue weighted by atomic mass is 10.3. The van der Waals surface area contributed by atoms with Crippen LogP contribution >= 0.6 is 0 Å². The lowest BCUT2D eigenvalue weighted by molar-refractivity contribution is -0.394. The van der Waals surface area contributed by atoms with E-state index in [1.54, 1.807) is 0 Å². The Kier molecular flexibility index (Phi) is 3.18. The van der Waals surface area contributed by atoms with Crippen molar-refractivity contribution in [2.75, 3.05) is 0 Å². The molecule has 2 aromatic rings. The van der Waals surface area contributed by atoms with Crippen molar-refractivity contribution < 1.29 is 9.85 Å². The van der Waals surface area contributed by atoms with Crippen LogP contribution in [0.3, 0.4) is 0 Å². The fourth-order valence-electron chi connectivity index (χ4n) is 1.29. The Morgan fingerprint density at radius 3 is 2.65 bits per heavy atom. The van der Waals surface area contributed by atoms with Gasteiger partial charge in [0, 0.05) is 4.91 Å². The minimum atomic E-state index is -0.843. The van der Waals surface area contributed by atoms with E-state index in [4.69, 9.17) is 5.53 Å². The number of azide groups is 1. The van der Waals surface area contributed by atoms with Gasteiger partial charge in [0.1, 0.15) is 12.5 Å². The summed E-state index contributed by atoms with van der Waals surface area (Å²) in [6.07, 6.45) is 1.88. The maximum atomic E-state index is 10.9. The summed E-state index contributed by atoms with van der Waals surface area (Å²) in [6.45, 7) is 0. The fraction of sp³-hybridized carbons (Fsp3) is 0. The van der Waals surface area contributed by atoms with Gasteiger partial charge in [-0.25, -0.2) is 9.97 Å². The summed E-state index contributed by atoms with van der Waals surface area (Å²) in [5, 5.41) is 28.2. The van der Waals surface area contributed by atoms with Gasteiger partial charge in [-0.2, -0.15) is 4.68 Å². The van der Waals surface area contributed by atoms with Crippen LogP contribution in [0.1, 0.15) is 0 Å². The summed E-state index contributed by atoms with van der Waals surface area (Å²) >= 11 is 0. The second kappa shape index (κ2) is 4.95. The Hall–Kier alpha value is -3.60. The standard InChI is InChI=1S/C7H3N9O4/c8-13-11-7-10-3-14(12-7)6-5(16(19)20)1-4(2-9-6)15(17)18/h1-3H. The van der Waals surface area contributed by atoms with Crippen LogP contribution in [0.5, 0.6) is 0 Å². The SMILES string of the molecule is [N-]=[N+]=Nc1ncn(-c2ncc([N+](=O)[O-])cc2[N+](=O)[O-])n1. The molecule has 2 aromatic heterocycles. The normalized spacial score (nSPS) is 9.80. The molecule has 0 aliphatic carbocycles. The largest absolute Gasteiger partial charge is 0.320 e. The van der Waals surface area contributed by atoms with E-state index in [9.17, 15) is 20.2 Å². The second-order valence-corrected chi connectivity index (χ2v) is 3.23. The number of pyridine rings is 1. The van der Waals surface area contributed by atoms with E-state index in [0.29, 0.717) is 0 Å². The predicted molar refractivity (Wildman–Crippen MR) is 61.3 cm³/mol. The molecule has 0 spiro atoms. The van der Waals surface area contributed by atoms with Gasteiger partial charge in [-0.3, -0.25) is 20.2 Å². The van der Waals surface area contributed by atoms with Gasteiger partial charge in [-0.05, 0) is 10.6 Å². The first-order chi connectivity index (χ1) is 9.52. The Morgan fingerprint density at radius 1 is 1.30 bits per heavy atom. The number of rotatable bonds is 4. The van der Waals surface area contributed by atoms with E-state index in [2.05, 4.69) is 25.1 Å². The highest BCUT2D eigenvalue weighted by atomic mass is 16.6. The molecule has 2 heterocycles. The van der Waals surface area contributed by atoms with E-state index < -0.39 is 21.2 Å². The van der Waals surface area contributed by atoms with Crippen molar-refractivity contribution in [3.8, 4) is 5.82 Å². The number of hydrogen-bond donors (Lipinski definition) is 0. The van der Waals surface area contributed by atoms with Gasteiger partial charge in [0.05, 0.1) is 15.9 Å². The zero-order chi connectivity index (χ0) is 14.7. The highest BCUT2D eigenvalue weighted by Gasteiger charge is 2.23. The van der Waals surface area contributed by atoms with Gasteiger partial charge in [0.2, 0.25) is 11.8 Å². The van der Waals surface area contributed by atoms with Crippen LogP contribution in [0.15, 0.2) is 23.7 Å². The van der Waals surface area contributed by atoms with E-state index in [0.717, 1.165) is 23.3 Å². The van der Waals surface area contributed by atoms with E-state index in [-0.39, 0.29) is 11.8 Å². The van der Waals surface area contributed by atoms with Crippen molar-refractivity contribution in [2.24, 2.45) is 5.11 Å². The third-order valence-corrected chi connectivity index (χ3v) is 2.07. The van der Waals surface area contributed by atoms with Crippen LogP contribution < -0.4 is 0 Å². The summed E-state index contributed by atoms with van der Waals surface area (Å²) in [4.78, 5) is 29.4. The van der Waals surface area contributed by atoms with Crippen molar-refractivity contribution in [2.45, 2.75) is 0 Å². The van der Waals surface area contributed by atoms with Crippen LogP contribution in [0.25, 0.3) is 16.3 Å². The van der Waals surface area contributed by atoms with Crippen molar-refractivity contribution in [3.05, 3.63) is 49.3 Å². The van der Waals surface area contributed by atoms with Gasteiger partial charge >= 0.3 is 5.69 Å². The average molecular weight is 277 g/mol. The Bertz CT molecular complexity index is 747. The summed E-state index contributed by atoms with van der Waals surface area (Å²) in [5.41, 5.74) is 7.05. The smallest absolute Gasteiger partial charge is 0.258 e. The minimum Gasteiger partial charge on any atom is -0.258 e. The second-order valence-electron chi connectivity index (χ2n) is 3.23. The molecule has 0 aromatic carbocycles. The molecule has 0 aliphatic rings. The first kappa shape index (κ1) is 12.8. The highest BCUT2D eigenvalue weighted by Crippen LogP contribution is 2.25. The summed E-state index contributed by atoms with van der Waals surface area (Å²) in [7, 11) is 0. The maximum Gasteiger partial charge on any atom is 0.320 e. The summed E-state index contributed by atoms with van der Waals surface area (Å²) in [6, 6.07) is 0.747. The first-order valence-corrected chi connectivity index (χ1v) is 4.79. The quantitative estimate of drug-likeness (QED) is 0.266. The average Bonchev–Trinajstić information content (AvgIpc) is 2.86. The Labute approximate surface area is 108 Å². The third-order valence-electron chi connectivity index (χ3n) is 2.07. The van der Waals surface area contributed by atoms with Gasteiger partial charge in [0.25, 0.3) is 5.69 Å². The summed E-state index contributed by atoms with van der Waals surface area (Å²) in [5.74, 6) is -0.547. The van der Waals surface area contributed by atoms with Crippen LogP contribution in [-0.2, 0) is 0 Å². The first-order valence-electron chi connectivity index (χ1n) is 4.79. The lowest BCUT2D eigenvalue weighted by Crippen LogP contribution is -2.04. The number of hydrogen-bond acceptors (Lipinski definition) is 8. The van der Waals surface area contributed by atoms with Crippen molar-refractivity contribution in [1.82, 2.24) is 19.7 Å². The Balaban J connectivity index is 2.57. The molecule has 0 saturated carbocycles. The van der Waals surface area contributed by atoms with Crippen LogP contribution in [0.2, 0.25) is 0 Å². The van der Waals surface area contributed by atoms with Crippen molar-refractivity contribution in [1.29, 1.82) is 0 Å². The molecule has 0 saturated heterocycles. The van der Waals surface area contributed by atoms with Gasteiger partial charge in [0.15, 0.2) is 0 Å². The topological polar surface area (TPSA) is 179 Å². The highest BCUT2D eigenvalue weighted by molar-refractivity contribution is 5.52. The van der Waals surface area contributed by atoms with Crippen molar-refractivity contribution >= 4 is 17.3 Å². The van der Waals surface area contributed by atoms with Crippen LogP contribution in [0.4, 0.5) is 17.3 Å². The number of nitro groups is 2. The van der Waals surface area contributed by atoms with E-state index in [1.165, 1.54) is 0 Å². The third kappa shape index (κ3) is 2.32. The molecule has 0 atom stereocenters. The number of nitrogens with zero attached hydrogens (tertiary/aromatic N) is 9. The molecule has 0 N–H and O–H groups in total. The molecule has 0 amide bonds. The van der Waals surface area contributed by atoms with E-state index in [1.807, 2.05) is 0 Å². The molecule has 0 bridgehead atoms. The summed E-state index contributed by atoms with van der Waals surface area (Å²) < 4.78 is 0.881. The molecule has 0 aliphatic heterocycles. The maximum absolute atomic E-state index is 10.9. The van der Waals surface area contributed by atoms with Crippen LogP contribution in [-0.4, -0.2) is 29.6 Å².